The number of nitrogens with zero attached hydrogens (tertiary/aromatic N) is 4. The van der Waals surface area contributed by atoms with E-state index in [2.05, 4.69) is 56.0 Å². The Morgan fingerprint density at radius 2 is 2.11 bits per heavy atom. The topological polar surface area (TPSA) is 35.6 Å². The zero-order valence-corrected chi connectivity index (χ0v) is 12.6. The summed E-state index contributed by atoms with van der Waals surface area (Å²) < 4.78 is 4.93. The van der Waals surface area contributed by atoms with Gasteiger partial charge in [0.25, 0.3) is 0 Å². The van der Waals surface area contributed by atoms with Gasteiger partial charge < -0.3 is 4.57 Å². The van der Waals surface area contributed by atoms with Crippen LogP contribution in [0, 0.1) is 0 Å². The molecule has 0 aliphatic heterocycles. The lowest BCUT2D eigenvalue weighted by atomic mass is 10.1. The third-order valence-corrected chi connectivity index (χ3v) is 3.96. The predicted octanol–water partition coefficient (Wildman–Crippen LogP) is 3.14. The second kappa shape index (κ2) is 4.81. The highest BCUT2D eigenvalue weighted by atomic mass is 79.9. The van der Waals surface area contributed by atoms with Crippen LogP contribution in [0.25, 0.3) is 11.0 Å². The molecule has 0 bridgehead atoms. The summed E-state index contributed by atoms with van der Waals surface area (Å²) in [5, 5.41) is 5.55. The van der Waals surface area contributed by atoms with Crippen LogP contribution in [0.3, 0.4) is 0 Å². The molecule has 5 heteroatoms. The van der Waals surface area contributed by atoms with Gasteiger partial charge >= 0.3 is 0 Å². The Labute approximate surface area is 120 Å². The molecule has 0 aromatic carbocycles. The first-order chi connectivity index (χ1) is 9.19. The van der Waals surface area contributed by atoms with E-state index in [9.17, 15) is 0 Å². The van der Waals surface area contributed by atoms with Crippen LogP contribution in [0.2, 0.25) is 0 Å². The third-order valence-electron chi connectivity index (χ3n) is 3.29. The highest BCUT2D eigenvalue weighted by molar-refractivity contribution is 9.10. The first-order valence-corrected chi connectivity index (χ1v) is 7.09. The van der Waals surface area contributed by atoms with Crippen molar-refractivity contribution in [2.45, 2.75) is 19.9 Å². The van der Waals surface area contributed by atoms with Crippen molar-refractivity contribution in [2.24, 2.45) is 7.05 Å². The van der Waals surface area contributed by atoms with Crippen molar-refractivity contribution in [3.63, 3.8) is 0 Å². The van der Waals surface area contributed by atoms with E-state index in [0.717, 1.165) is 23.2 Å². The van der Waals surface area contributed by atoms with Gasteiger partial charge in [0, 0.05) is 49.6 Å². The normalized spacial score (nSPS) is 11.3. The van der Waals surface area contributed by atoms with Gasteiger partial charge in [-0.15, -0.1) is 0 Å². The summed E-state index contributed by atoms with van der Waals surface area (Å²) in [4.78, 5) is 4.47. The molecule has 0 saturated heterocycles. The van der Waals surface area contributed by atoms with E-state index in [4.69, 9.17) is 0 Å². The first-order valence-electron chi connectivity index (χ1n) is 6.29. The van der Waals surface area contributed by atoms with E-state index in [1.807, 2.05) is 24.0 Å². The fourth-order valence-electron chi connectivity index (χ4n) is 2.41. The van der Waals surface area contributed by atoms with E-state index in [-0.39, 0.29) is 0 Å². The molecule has 0 unspecified atom stereocenters. The number of pyridine rings is 1. The summed E-state index contributed by atoms with van der Waals surface area (Å²) in [6, 6.07) is 4.12. The summed E-state index contributed by atoms with van der Waals surface area (Å²) in [7, 11) is 1.94. The number of hydrogen-bond acceptors (Lipinski definition) is 2. The van der Waals surface area contributed by atoms with Crippen LogP contribution in [0.5, 0.6) is 0 Å². The van der Waals surface area contributed by atoms with Crippen LogP contribution >= 0.6 is 15.9 Å². The van der Waals surface area contributed by atoms with Crippen molar-refractivity contribution < 1.29 is 0 Å². The molecule has 0 fully saturated rings. The lowest BCUT2D eigenvalue weighted by Crippen LogP contribution is -1.92. The summed E-state index contributed by atoms with van der Waals surface area (Å²) in [5.74, 6) is 0. The molecule has 98 valence electrons. The van der Waals surface area contributed by atoms with Crippen LogP contribution in [0.1, 0.15) is 18.1 Å². The van der Waals surface area contributed by atoms with Gasteiger partial charge in [0.15, 0.2) is 0 Å². The molecule has 0 N–H and O–H groups in total. The van der Waals surface area contributed by atoms with E-state index >= 15 is 0 Å². The summed E-state index contributed by atoms with van der Waals surface area (Å²) in [6.07, 6.45) is 6.95. The maximum absolute atomic E-state index is 4.47. The monoisotopic (exact) mass is 318 g/mol. The van der Waals surface area contributed by atoms with Gasteiger partial charge in [0.1, 0.15) is 10.3 Å². The molecule has 0 saturated carbocycles. The minimum Gasteiger partial charge on any atom is -0.333 e. The molecule has 19 heavy (non-hydrogen) atoms. The Kier molecular flexibility index (Phi) is 3.14. The Morgan fingerprint density at radius 3 is 2.79 bits per heavy atom. The summed E-state index contributed by atoms with van der Waals surface area (Å²) in [5.41, 5.74) is 3.54. The van der Waals surface area contributed by atoms with Gasteiger partial charge in [-0.1, -0.05) is 0 Å². The second-order valence-corrected chi connectivity index (χ2v) is 5.36. The third kappa shape index (κ3) is 2.18. The van der Waals surface area contributed by atoms with Crippen LogP contribution in [-0.2, 0) is 20.0 Å². The fraction of sp³-hybridized carbons (Fsp3) is 0.286. The smallest absolute Gasteiger partial charge is 0.140 e. The molecule has 3 rings (SSSR count). The molecule has 3 aromatic heterocycles. The van der Waals surface area contributed by atoms with Crippen molar-refractivity contribution >= 4 is 27.0 Å². The number of aromatic nitrogens is 4. The molecule has 3 heterocycles. The molecule has 3 aromatic rings. The molecule has 0 aliphatic rings. The summed E-state index contributed by atoms with van der Waals surface area (Å²) >= 11 is 3.51. The van der Waals surface area contributed by atoms with E-state index in [1.54, 1.807) is 0 Å². The standard InChI is InChI=1S/C14H15BrN4/c1-3-19-9-10(12-5-4-6-16-14(12)19)7-11-8-18(2)17-13(11)15/h4-6,8-9H,3,7H2,1-2H3. The Morgan fingerprint density at radius 1 is 1.26 bits per heavy atom. The van der Waals surface area contributed by atoms with Gasteiger partial charge in [-0.2, -0.15) is 5.10 Å². The maximum Gasteiger partial charge on any atom is 0.140 e. The Hall–Kier alpha value is -1.62. The van der Waals surface area contributed by atoms with Crippen molar-refractivity contribution in [3.8, 4) is 0 Å². The minimum atomic E-state index is 0.865. The molecule has 0 spiro atoms. The molecule has 0 amide bonds. The number of halogens is 1. The molecule has 0 aliphatic carbocycles. The highest BCUT2D eigenvalue weighted by Gasteiger charge is 2.12. The SMILES string of the molecule is CCn1cc(Cc2cn(C)nc2Br)c2cccnc21. The van der Waals surface area contributed by atoms with Gasteiger partial charge in [-0.3, -0.25) is 4.68 Å². The average molecular weight is 319 g/mol. The molecule has 0 radical (unpaired) electrons. The lowest BCUT2D eigenvalue weighted by Gasteiger charge is -1.96. The first kappa shape index (κ1) is 12.4. The fourth-order valence-corrected chi connectivity index (χ4v) is 2.90. The zero-order chi connectivity index (χ0) is 13.4. The number of rotatable bonds is 3. The van der Waals surface area contributed by atoms with Crippen LogP contribution < -0.4 is 0 Å². The molecule has 0 atom stereocenters. The molecule has 4 nitrogen and oxygen atoms in total. The van der Waals surface area contributed by atoms with Crippen molar-refractivity contribution in [1.29, 1.82) is 0 Å². The van der Waals surface area contributed by atoms with Crippen molar-refractivity contribution in [3.05, 3.63) is 46.5 Å². The van der Waals surface area contributed by atoms with Gasteiger partial charge in [0.05, 0.1) is 0 Å². The molecular weight excluding hydrogens is 304 g/mol. The highest BCUT2D eigenvalue weighted by Crippen LogP contribution is 2.24. The number of aryl methyl sites for hydroxylation is 2. The maximum atomic E-state index is 4.47. The Balaban J connectivity index is 2.08. The van der Waals surface area contributed by atoms with Crippen molar-refractivity contribution in [2.75, 3.05) is 0 Å². The van der Waals surface area contributed by atoms with Crippen LogP contribution in [0.15, 0.2) is 35.3 Å². The minimum absolute atomic E-state index is 0.865. The number of fused-ring (bicyclic) bond motifs is 1. The Bertz CT molecular complexity index is 726. The quantitative estimate of drug-likeness (QED) is 0.743. The molecular formula is C14H15BrN4. The number of hydrogen-bond donors (Lipinski definition) is 0. The van der Waals surface area contributed by atoms with E-state index in [0.29, 0.717) is 0 Å². The van der Waals surface area contributed by atoms with E-state index in [1.165, 1.54) is 16.5 Å². The largest absolute Gasteiger partial charge is 0.333 e. The van der Waals surface area contributed by atoms with Gasteiger partial charge in [-0.05, 0) is 40.5 Å². The zero-order valence-electron chi connectivity index (χ0n) is 11.0. The predicted molar refractivity (Wildman–Crippen MR) is 79.1 cm³/mol. The summed E-state index contributed by atoms with van der Waals surface area (Å²) in [6.45, 7) is 3.07. The van der Waals surface area contributed by atoms with Gasteiger partial charge in [0.2, 0.25) is 0 Å². The van der Waals surface area contributed by atoms with Crippen LogP contribution in [-0.4, -0.2) is 19.3 Å². The van der Waals surface area contributed by atoms with Crippen molar-refractivity contribution in [1.82, 2.24) is 19.3 Å². The second-order valence-electron chi connectivity index (χ2n) is 4.61. The average Bonchev–Trinajstić information content (AvgIpc) is 2.91. The van der Waals surface area contributed by atoms with Crippen LogP contribution in [0.4, 0.5) is 0 Å². The van der Waals surface area contributed by atoms with E-state index < -0.39 is 0 Å². The van der Waals surface area contributed by atoms with Gasteiger partial charge in [-0.25, -0.2) is 4.98 Å². The lowest BCUT2D eigenvalue weighted by molar-refractivity contribution is 0.760.